The molecule has 0 N–H and O–H groups in total. The highest BCUT2D eigenvalue weighted by Crippen LogP contribution is 2.34. The van der Waals surface area contributed by atoms with Crippen LogP contribution >= 0.6 is 39.1 Å². The first kappa shape index (κ1) is 11.7. The van der Waals surface area contributed by atoms with Crippen LogP contribution < -0.4 is 4.74 Å². The van der Waals surface area contributed by atoms with Crippen molar-refractivity contribution in [1.82, 2.24) is 4.98 Å². The molecule has 0 amide bonds. The Labute approximate surface area is 111 Å². The summed E-state index contributed by atoms with van der Waals surface area (Å²) in [5.74, 6) is 1.07. The Morgan fingerprint density at radius 1 is 1.06 bits per heavy atom. The van der Waals surface area contributed by atoms with E-state index in [4.69, 9.17) is 27.9 Å². The van der Waals surface area contributed by atoms with Gasteiger partial charge in [-0.25, -0.2) is 0 Å². The van der Waals surface area contributed by atoms with Gasteiger partial charge in [-0.15, -0.1) is 0 Å². The average Bonchev–Trinajstić information content (AvgIpc) is 2.27. The van der Waals surface area contributed by atoms with Crippen LogP contribution in [0.15, 0.2) is 41.1 Å². The molecular weight excluding hydrogens is 313 g/mol. The maximum absolute atomic E-state index is 5.99. The number of benzene rings is 1. The Balaban J connectivity index is 2.34. The van der Waals surface area contributed by atoms with E-state index in [0.717, 1.165) is 4.47 Å². The van der Waals surface area contributed by atoms with Gasteiger partial charge in [-0.1, -0.05) is 39.1 Å². The van der Waals surface area contributed by atoms with E-state index in [1.807, 2.05) is 6.07 Å². The number of ether oxygens (including phenoxy) is 1. The number of rotatable bonds is 2. The Kier molecular flexibility index (Phi) is 3.69. The number of pyridine rings is 1. The summed E-state index contributed by atoms with van der Waals surface area (Å²) in [5.41, 5.74) is 0. The maximum atomic E-state index is 5.99. The SMILES string of the molecule is Clc1cnccc1Oc1cc(Br)ccc1Cl. The number of halogens is 3. The van der Waals surface area contributed by atoms with Crippen molar-refractivity contribution in [2.24, 2.45) is 0 Å². The van der Waals surface area contributed by atoms with Crippen molar-refractivity contribution < 1.29 is 4.74 Å². The van der Waals surface area contributed by atoms with Gasteiger partial charge in [-0.2, -0.15) is 0 Å². The van der Waals surface area contributed by atoms with Crippen LogP contribution in [0.1, 0.15) is 0 Å². The van der Waals surface area contributed by atoms with Gasteiger partial charge in [-0.3, -0.25) is 4.98 Å². The molecule has 82 valence electrons. The minimum absolute atomic E-state index is 0.443. The van der Waals surface area contributed by atoms with E-state index >= 15 is 0 Å². The van der Waals surface area contributed by atoms with Crippen molar-refractivity contribution in [2.75, 3.05) is 0 Å². The van der Waals surface area contributed by atoms with Crippen LogP contribution in [-0.4, -0.2) is 4.98 Å². The van der Waals surface area contributed by atoms with E-state index in [2.05, 4.69) is 20.9 Å². The van der Waals surface area contributed by atoms with Gasteiger partial charge in [0.1, 0.15) is 16.5 Å². The minimum atomic E-state index is 0.443. The van der Waals surface area contributed by atoms with Crippen LogP contribution in [0.2, 0.25) is 10.0 Å². The molecule has 0 saturated carbocycles. The second kappa shape index (κ2) is 5.04. The highest BCUT2D eigenvalue weighted by Gasteiger charge is 2.06. The van der Waals surface area contributed by atoms with E-state index < -0.39 is 0 Å². The lowest BCUT2D eigenvalue weighted by Crippen LogP contribution is -1.87. The molecular formula is C11H6BrCl2NO. The van der Waals surface area contributed by atoms with Crippen molar-refractivity contribution in [3.05, 3.63) is 51.2 Å². The first-order chi connectivity index (χ1) is 7.66. The quantitative estimate of drug-likeness (QED) is 0.782. The molecule has 0 spiro atoms. The fourth-order valence-electron chi connectivity index (χ4n) is 1.12. The van der Waals surface area contributed by atoms with Gasteiger partial charge >= 0.3 is 0 Å². The summed E-state index contributed by atoms with van der Waals surface area (Å²) in [6.45, 7) is 0. The number of nitrogens with zero attached hydrogens (tertiary/aromatic N) is 1. The second-order valence-electron chi connectivity index (χ2n) is 2.98. The summed E-state index contributed by atoms with van der Waals surface area (Å²) >= 11 is 15.3. The number of hydrogen-bond acceptors (Lipinski definition) is 2. The molecule has 0 radical (unpaired) electrons. The van der Waals surface area contributed by atoms with E-state index in [-0.39, 0.29) is 0 Å². The molecule has 2 rings (SSSR count). The Morgan fingerprint density at radius 3 is 2.62 bits per heavy atom. The van der Waals surface area contributed by atoms with Crippen molar-refractivity contribution in [3.8, 4) is 11.5 Å². The van der Waals surface area contributed by atoms with E-state index in [1.54, 1.807) is 24.4 Å². The summed E-state index contributed by atoms with van der Waals surface area (Å²) in [5, 5.41) is 0.967. The third-order valence-electron chi connectivity index (χ3n) is 1.85. The minimum Gasteiger partial charge on any atom is -0.454 e. The lowest BCUT2D eigenvalue weighted by Gasteiger charge is -2.08. The Hall–Kier alpha value is -0.770. The molecule has 2 aromatic rings. The lowest BCUT2D eigenvalue weighted by atomic mass is 10.3. The zero-order valence-corrected chi connectivity index (χ0v) is 11.1. The lowest BCUT2D eigenvalue weighted by molar-refractivity contribution is 0.482. The highest BCUT2D eigenvalue weighted by atomic mass is 79.9. The molecule has 16 heavy (non-hydrogen) atoms. The summed E-state index contributed by atoms with van der Waals surface area (Å²) < 4.78 is 6.47. The molecule has 0 aliphatic rings. The molecule has 2 nitrogen and oxygen atoms in total. The highest BCUT2D eigenvalue weighted by molar-refractivity contribution is 9.10. The normalized spacial score (nSPS) is 10.2. The predicted octanol–water partition coefficient (Wildman–Crippen LogP) is 4.94. The van der Waals surface area contributed by atoms with Crippen LogP contribution in [0.3, 0.4) is 0 Å². The van der Waals surface area contributed by atoms with Crippen molar-refractivity contribution >= 4 is 39.1 Å². The second-order valence-corrected chi connectivity index (χ2v) is 4.71. The van der Waals surface area contributed by atoms with Crippen LogP contribution in [0.25, 0.3) is 0 Å². The molecule has 5 heteroatoms. The first-order valence-electron chi connectivity index (χ1n) is 4.39. The number of aromatic nitrogens is 1. The van der Waals surface area contributed by atoms with Crippen molar-refractivity contribution in [1.29, 1.82) is 0 Å². The summed E-state index contributed by atoms with van der Waals surface area (Å²) in [6, 6.07) is 7.04. The Bertz CT molecular complexity index is 519. The van der Waals surface area contributed by atoms with Crippen LogP contribution in [-0.2, 0) is 0 Å². The molecule has 0 saturated heterocycles. The van der Waals surface area contributed by atoms with Gasteiger partial charge in [0.05, 0.1) is 5.02 Å². The zero-order chi connectivity index (χ0) is 11.5. The molecule has 1 heterocycles. The van der Waals surface area contributed by atoms with Gasteiger partial charge in [0.25, 0.3) is 0 Å². The number of hydrogen-bond donors (Lipinski definition) is 0. The Morgan fingerprint density at radius 2 is 1.88 bits per heavy atom. The first-order valence-corrected chi connectivity index (χ1v) is 5.94. The fraction of sp³-hybridized carbons (Fsp3) is 0. The molecule has 0 aliphatic heterocycles. The van der Waals surface area contributed by atoms with Gasteiger partial charge in [0, 0.05) is 22.9 Å². The van der Waals surface area contributed by atoms with Gasteiger partial charge < -0.3 is 4.74 Å². The molecule has 1 aromatic carbocycles. The third kappa shape index (κ3) is 2.67. The molecule has 0 aliphatic carbocycles. The average molecular weight is 319 g/mol. The third-order valence-corrected chi connectivity index (χ3v) is 2.94. The smallest absolute Gasteiger partial charge is 0.149 e. The van der Waals surface area contributed by atoms with Crippen LogP contribution in [0.5, 0.6) is 11.5 Å². The van der Waals surface area contributed by atoms with Crippen LogP contribution in [0, 0.1) is 0 Å². The van der Waals surface area contributed by atoms with Gasteiger partial charge in [0.15, 0.2) is 0 Å². The standard InChI is InChI=1S/C11H6BrCl2NO/c12-7-1-2-8(13)11(5-7)16-10-3-4-15-6-9(10)14/h1-6H. The zero-order valence-electron chi connectivity index (χ0n) is 7.95. The molecule has 0 unspecified atom stereocenters. The molecule has 0 atom stereocenters. The summed E-state index contributed by atoms with van der Waals surface area (Å²) in [6.07, 6.45) is 3.12. The topological polar surface area (TPSA) is 22.1 Å². The van der Waals surface area contributed by atoms with Crippen LogP contribution in [0.4, 0.5) is 0 Å². The molecule has 1 aromatic heterocycles. The summed E-state index contributed by atoms with van der Waals surface area (Å²) in [4.78, 5) is 3.87. The summed E-state index contributed by atoms with van der Waals surface area (Å²) in [7, 11) is 0. The van der Waals surface area contributed by atoms with Gasteiger partial charge in [0.2, 0.25) is 0 Å². The van der Waals surface area contributed by atoms with E-state index in [9.17, 15) is 0 Å². The van der Waals surface area contributed by atoms with E-state index in [1.165, 1.54) is 6.20 Å². The van der Waals surface area contributed by atoms with Crippen molar-refractivity contribution in [3.63, 3.8) is 0 Å². The van der Waals surface area contributed by atoms with Crippen molar-refractivity contribution in [2.45, 2.75) is 0 Å². The molecule has 0 bridgehead atoms. The predicted molar refractivity (Wildman–Crippen MR) is 68.5 cm³/mol. The maximum Gasteiger partial charge on any atom is 0.149 e. The fourth-order valence-corrected chi connectivity index (χ4v) is 1.77. The van der Waals surface area contributed by atoms with Gasteiger partial charge in [-0.05, 0) is 18.2 Å². The van der Waals surface area contributed by atoms with E-state index in [0.29, 0.717) is 21.5 Å². The molecule has 0 fully saturated rings. The largest absolute Gasteiger partial charge is 0.454 e. The monoisotopic (exact) mass is 317 g/mol.